The smallest absolute Gasteiger partial charge is 0.315 e. The molecule has 4 N–H and O–H groups in total. The van der Waals surface area contributed by atoms with Crippen LogP contribution in [0.4, 0.5) is 4.79 Å². The molecule has 8 heteroatoms. The van der Waals surface area contributed by atoms with Gasteiger partial charge in [-0.1, -0.05) is 44.0 Å². The van der Waals surface area contributed by atoms with Crippen LogP contribution in [0.2, 0.25) is 5.02 Å². The first kappa shape index (κ1) is 25.8. The second-order valence-corrected chi connectivity index (χ2v) is 11.3. The third kappa shape index (κ3) is 5.47. The highest BCUT2D eigenvalue weighted by Crippen LogP contribution is 2.46. The Balaban J connectivity index is 1.66. The number of amides is 3. The second-order valence-electron chi connectivity index (χ2n) is 10.9. The Kier molecular flexibility index (Phi) is 7.37. The lowest BCUT2D eigenvalue weighted by Gasteiger charge is -2.51. The van der Waals surface area contributed by atoms with Crippen molar-refractivity contribution < 1.29 is 19.8 Å². The van der Waals surface area contributed by atoms with Crippen molar-refractivity contribution in [1.29, 1.82) is 0 Å². The molecule has 2 fully saturated rings. The highest BCUT2D eigenvalue weighted by Gasteiger charge is 2.50. The Hall–Kier alpha value is -1.83. The summed E-state index contributed by atoms with van der Waals surface area (Å²) in [4.78, 5) is 27.8. The summed E-state index contributed by atoms with van der Waals surface area (Å²) in [6.07, 6.45) is 2.77. The molecule has 1 aromatic carbocycles. The minimum atomic E-state index is -1.06. The lowest BCUT2D eigenvalue weighted by atomic mass is 9.66. The normalized spacial score (nSPS) is 28.3. The predicted octanol–water partition coefficient (Wildman–Crippen LogP) is 3.41. The fourth-order valence-electron chi connectivity index (χ4n) is 5.02. The SMILES string of the molecule is C[C@H](NC(=O)N[C@@H]1CCC[C@@H]1C(=O)N1CC[C@](O)(c2ccc(Cl)cc2)C(C)(C)C1)C(C)(C)O. The lowest BCUT2D eigenvalue weighted by molar-refractivity contribution is -0.156. The number of hydrogen-bond acceptors (Lipinski definition) is 4. The van der Waals surface area contributed by atoms with Crippen LogP contribution in [-0.2, 0) is 10.4 Å². The van der Waals surface area contributed by atoms with Crippen LogP contribution in [0.5, 0.6) is 0 Å². The number of aliphatic hydroxyl groups is 2. The summed E-state index contributed by atoms with van der Waals surface area (Å²) in [6, 6.07) is 6.22. The van der Waals surface area contributed by atoms with Crippen LogP contribution in [0, 0.1) is 11.3 Å². The molecule has 1 aliphatic carbocycles. The molecule has 0 spiro atoms. The maximum atomic E-state index is 13.5. The number of likely N-dealkylation sites (tertiary alicyclic amines) is 1. The van der Waals surface area contributed by atoms with Gasteiger partial charge in [-0.15, -0.1) is 0 Å². The number of piperidine rings is 1. The van der Waals surface area contributed by atoms with Crippen molar-refractivity contribution in [2.24, 2.45) is 11.3 Å². The van der Waals surface area contributed by atoms with E-state index in [1.807, 2.05) is 30.9 Å². The number of nitrogens with one attached hydrogen (secondary N) is 2. The summed E-state index contributed by atoms with van der Waals surface area (Å²) in [5, 5.41) is 28.0. The molecule has 1 saturated carbocycles. The minimum Gasteiger partial charge on any atom is -0.388 e. The molecule has 3 rings (SSSR count). The van der Waals surface area contributed by atoms with Crippen molar-refractivity contribution in [1.82, 2.24) is 15.5 Å². The molecule has 1 saturated heterocycles. The highest BCUT2D eigenvalue weighted by molar-refractivity contribution is 6.30. The molecule has 4 atom stereocenters. The molecule has 1 heterocycles. The van der Waals surface area contributed by atoms with Gasteiger partial charge >= 0.3 is 6.03 Å². The van der Waals surface area contributed by atoms with Gasteiger partial charge in [0.2, 0.25) is 5.91 Å². The first-order valence-corrected chi connectivity index (χ1v) is 12.2. The van der Waals surface area contributed by atoms with Crippen LogP contribution >= 0.6 is 11.6 Å². The Morgan fingerprint density at radius 1 is 1.21 bits per heavy atom. The van der Waals surface area contributed by atoms with Crippen molar-refractivity contribution >= 4 is 23.5 Å². The van der Waals surface area contributed by atoms with Gasteiger partial charge in [-0.25, -0.2) is 4.79 Å². The van der Waals surface area contributed by atoms with Gasteiger partial charge in [-0.05, 0) is 57.7 Å². The zero-order valence-corrected chi connectivity index (χ0v) is 21.1. The van der Waals surface area contributed by atoms with E-state index in [-0.39, 0.29) is 23.9 Å². The predicted molar refractivity (Wildman–Crippen MR) is 129 cm³/mol. The lowest BCUT2D eigenvalue weighted by Crippen LogP contribution is -2.59. The molecule has 7 nitrogen and oxygen atoms in total. The fraction of sp³-hybridized carbons (Fsp3) is 0.680. The van der Waals surface area contributed by atoms with Crippen LogP contribution in [0.3, 0.4) is 0 Å². The fourth-order valence-corrected chi connectivity index (χ4v) is 5.14. The summed E-state index contributed by atoms with van der Waals surface area (Å²) in [5.74, 6) is -0.259. The number of benzene rings is 1. The Morgan fingerprint density at radius 3 is 2.42 bits per heavy atom. The molecule has 0 unspecified atom stereocenters. The number of carbonyl (C=O) groups excluding carboxylic acids is 2. The Bertz CT molecular complexity index is 867. The standard InChI is InChI=1S/C25H38ClN3O4/c1-16(24(4,5)32)27-22(31)28-20-8-6-7-19(20)21(30)29-14-13-25(33,23(2,3)15-29)17-9-11-18(26)12-10-17/h9-12,16,19-20,32-33H,6-8,13-15H2,1-5H3,(H2,27,28,31)/t16-,19-,20+,25-/m0/s1. The van der Waals surface area contributed by atoms with E-state index in [9.17, 15) is 19.8 Å². The van der Waals surface area contributed by atoms with E-state index in [0.717, 1.165) is 24.8 Å². The van der Waals surface area contributed by atoms with Crippen molar-refractivity contribution in [2.45, 2.75) is 83.6 Å². The van der Waals surface area contributed by atoms with E-state index < -0.39 is 22.7 Å². The van der Waals surface area contributed by atoms with Gasteiger partial charge in [0, 0.05) is 29.6 Å². The summed E-state index contributed by atoms with van der Waals surface area (Å²) in [5.41, 5.74) is -1.85. The van der Waals surface area contributed by atoms with Crippen molar-refractivity contribution in [3.05, 3.63) is 34.9 Å². The molecule has 2 aliphatic rings. The molecule has 184 valence electrons. The zero-order valence-electron chi connectivity index (χ0n) is 20.3. The van der Waals surface area contributed by atoms with Crippen molar-refractivity contribution in [3.8, 4) is 0 Å². The van der Waals surface area contributed by atoms with E-state index in [1.54, 1.807) is 32.9 Å². The summed E-state index contributed by atoms with van der Waals surface area (Å²) >= 11 is 6.02. The molecule has 0 radical (unpaired) electrons. The Labute approximate surface area is 201 Å². The van der Waals surface area contributed by atoms with Gasteiger partial charge in [0.1, 0.15) is 0 Å². The number of carbonyl (C=O) groups is 2. The van der Waals surface area contributed by atoms with E-state index in [2.05, 4.69) is 10.6 Å². The van der Waals surface area contributed by atoms with Crippen LogP contribution < -0.4 is 10.6 Å². The summed E-state index contributed by atoms with van der Waals surface area (Å²) in [7, 11) is 0. The molecule has 1 aromatic rings. The molecular weight excluding hydrogens is 442 g/mol. The summed E-state index contributed by atoms with van der Waals surface area (Å²) in [6.45, 7) is 9.87. The highest BCUT2D eigenvalue weighted by atomic mass is 35.5. The Morgan fingerprint density at radius 2 is 1.85 bits per heavy atom. The zero-order chi connectivity index (χ0) is 24.6. The average Bonchev–Trinajstić information content (AvgIpc) is 3.17. The van der Waals surface area contributed by atoms with Gasteiger partial charge in [0.25, 0.3) is 0 Å². The monoisotopic (exact) mass is 479 g/mol. The quantitative estimate of drug-likeness (QED) is 0.519. The van der Waals surface area contributed by atoms with Crippen LogP contribution in [0.15, 0.2) is 24.3 Å². The minimum absolute atomic E-state index is 0.0274. The number of hydrogen-bond donors (Lipinski definition) is 4. The van der Waals surface area contributed by atoms with E-state index >= 15 is 0 Å². The van der Waals surface area contributed by atoms with E-state index in [4.69, 9.17) is 11.6 Å². The van der Waals surface area contributed by atoms with Gasteiger partial charge in [-0.2, -0.15) is 0 Å². The number of nitrogens with zero attached hydrogens (tertiary/aromatic N) is 1. The maximum Gasteiger partial charge on any atom is 0.315 e. The number of halogens is 1. The first-order chi connectivity index (χ1) is 15.2. The molecule has 0 bridgehead atoms. The molecular formula is C25H38ClN3O4. The van der Waals surface area contributed by atoms with E-state index in [0.29, 0.717) is 24.5 Å². The number of urea groups is 1. The van der Waals surface area contributed by atoms with Crippen molar-refractivity contribution in [3.63, 3.8) is 0 Å². The van der Waals surface area contributed by atoms with Gasteiger partial charge in [-0.3, -0.25) is 4.79 Å². The van der Waals surface area contributed by atoms with Crippen LogP contribution in [0.1, 0.15) is 65.9 Å². The van der Waals surface area contributed by atoms with Crippen LogP contribution in [-0.4, -0.2) is 57.8 Å². The number of rotatable bonds is 5. The second kappa shape index (κ2) is 9.43. The van der Waals surface area contributed by atoms with Gasteiger partial charge < -0.3 is 25.7 Å². The maximum absolute atomic E-state index is 13.5. The largest absolute Gasteiger partial charge is 0.388 e. The molecule has 0 aromatic heterocycles. The topological polar surface area (TPSA) is 102 Å². The molecule has 33 heavy (non-hydrogen) atoms. The van der Waals surface area contributed by atoms with Gasteiger partial charge in [0.15, 0.2) is 0 Å². The van der Waals surface area contributed by atoms with E-state index in [1.165, 1.54) is 0 Å². The van der Waals surface area contributed by atoms with Gasteiger partial charge in [0.05, 0.1) is 23.2 Å². The first-order valence-electron chi connectivity index (χ1n) is 11.8. The third-order valence-corrected chi connectivity index (χ3v) is 7.89. The average molecular weight is 480 g/mol. The third-order valence-electron chi connectivity index (χ3n) is 7.64. The van der Waals surface area contributed by atoms with Crippen molar-refractivity contribution in [2.75, 3.05) is 13.1 Å². The summed E-state index contributed by atoms with van der Waals surface area (Å²) < 4.78 is 0. The molecule has 3 amide bonds. The van der Waals surface area contributed by atoms with Crippen LogP contribution in [0.25, 0.3) is 0 Å². The molecule has 1 aliphatic heterocycles.